The zero-order chi connectivity index (χ0) is 18.3. The number of aryl methyl sites for hydroxylation is 3. The second-order valence-corrected chi connectivity index (χ2v) is 8.23. The molecule has 0 saturated carbocycles. The molecule has 0 radical (unpaired) electrons. The van der Waals surface area contributed by atoms with E-state index in [4.69, 9.17) is 0 Å². The standard InChI is InChI=1S/C22H31N3O/c1-15-9-10-16(2)20-19(15)17(3)21(23-20)22(26)25-13-5-4-8-18(25)14-24-11-6-7-12-24/h9-10,18,23H,4-8,11-14H2,1-3H3/t18-/m1/s1. The van der Waals surface area contributed by atoms with E-state index in [1.54, 1.807) is 0 Å². The number of hydrogen-bond acceptors (Lipinski definition) is 2. The fraction of sp³-hybridized carbons (Fsp3) is 0.591. The van der Waals surface area contributed by atoms with E-state index >= 15 is 0 Å². The number of carbonyl (C=O) groups excluding carboxylic acids is 1. The van der Waals surface area contributed by atoms with Crippen molar-refractivity contribution in [2.75, 3.05) is 26.2 Å². The predicted molar refractivity (Wildman–Crippen MR) is 107 cm³/mol. The Kier molecular flexibility index (Phi) is 4.78. The van der Waals surface area contributed by atoms with Crippen molar-refractivity contribution in [2.24, 2.45) is 0 Å². The van der Waals surface area contributed by atoms with E-state index in [9.17, 15) is 4.79 Å². The zero-order valence-corrected chi connectivity index (χ0v) is 16.4. The normalized spacial score (nSPS) is 21.7. The molecule has 26 heavy (non-hydrogen) atoms. The molecule has 1 aromatic heterocycles. The van der Waals surface area contributed by atoms with Gasteiger partial charge in [0.15, 0.2) is 0 Å². The number of aromatic nitrogens is 1. The zero-order valence-electron chi connectivity index (χ0n) is 16.4. The van der Waals surface area contributed by atoms with E-state index in [1.165, 1.54) is 48.9 Å². The number of carbonyl (C=O) groups is 1. The molecule has 0 unspecified atom stereocenters. The van der Waals surface area contributed by atoms with Gasteiger partial charge >= 0.3 is 0 Å². The summed E-state index contributed by atoms with van der Waals surface area (Å²) in [5.41, 5.74) is 5.48. The molecule has 1 amide bonds. The van der Waals surface area contributed by atoms with Crippen LogP contribution in [0, 0.1) is 20.8 Å². The third-order valence-electron chi connectivity index (χ3n) is 6.39. The second kappa shape index (κ2) is 7.07. The van der Waals surface area contributed by atoms with Crippen LogP contribution < -0.4 is 0 Å². The smallest absolute Gasteiger partial charge is 0.270 e. The molecule has 1 aromatic carbocycles. The average molecular weight is 354 g/mol. The summed E-state index contributed by atoms with van der Waals surface area (Å²) < 4.78 is 0. The Hall–Kier alpha value is -1.81. The summed E-state index contributed by atoms with van der Waals surface area (Å²) in [5, 5.41) is 1.22. The van der Waals surface area contributed by atoms with Gasteiger partial charge in [-0.05, 0) is 82.7 Å². The molecule has 2 aromatic rings. The van der Waals surface area contributed by atoms with Crippen molar-refractivity contribution in [3.05, 3.63) is 34.5 Å². The maximum atomic E-state index is 13.5. The van der Waals surface area contributed by atoms with E-state index in [-0.39, 0.29) is 5.91 Å². The molecule has 1 atom stereocenters. The third kappa shape index (κ3) is 3.05. The van der Waals surface area contributed by atoms with Gasteiger partial charge in [0.2, 0.25) is 0 Å². The lowest BCUT2D eigenvalue weighted by molar-refractivity contribution is 0.0555. The summed E-state index contributed by atoms with van der Waals surface area (Å²) >= 11 is 0. The van der Waals surface area contributed by atoms with Gasteiger partial charge in [-0.2, -0.15) is 0 Å². The van der Waals surface area contributed by atoms with Crippen LogP contribution in [0.2, 0.25) is 0 Å². The molecule has 4 heteroatoms. The van der Waals surface area contributed by atoms with E-state index in [0.29, 0.717) is 6.04 Å². The first-order valence-electron chi connectivity index (χ1n) is 10.2. The number of hydrogen-bond donors (Lipinski definition) is 1. The van der Waals surface area contributed by atoms with Gasteiger partial charge in [-0.15, -0.1) is 0 Å². The maximum Gasteiger partial charge on any atom is 0.270 e. The number of aromatic amines is 1. The van der Waals surface area contributed by atoms with Gasteiger partial charge in [-0.1, -0.05) is 12.1 Å². The molecular weight excluding hydrogens is 322 g/mol. The Labute approximate surface area is 156 Å². The van der Waals surface area contributed by atoms with Crippen molar-refractivity contribution >= 4 is 16.8 Å². The van der Waals surface area contributed by atoms with Crippen LogP contribution in [0.25, 0.3) is 10.9 Å². The molecule has 0 aliphatic carbocycles. The largest absolute Gasteiger partial charge is 0.350 e. The Bertz CT molecular complexity index is 816. The van der Waals surface area contributed by atoms with Crippen molar-refractivity contribution in [3.63, 3.8) is 0 Å². The van der Waals surface area contributed by atoms with E-state index in [0.717, 1.165) is 42.7 Å². The Morgan fingerprint density at radius 1 is 1.04 bits per heavy atom. The highest BCUT2D eigenvalue weighted by molar-refractivity contribution is 6.02. The Morgan fingerprint density at radius 3 is 2.46 bits per heavy atom. The number of piperidine rings is 1. The molecule has 4 rings (SSSR count). The fourth-order valence-corrected chi connectivity index (χ4v) is 4.88. The first kappa shape index (κ1) is 17.6. The van der Waals surface area contributed by atoms with Gasteiger partial charge in [0.25, 0.3) is 5.91 Å². The molecule has 0 bridgehead atoms. The predicted octanol–water partition coefficient (Wildman–Crippen LogP) is 4.18. The molecule has 1 N–H and O–H groups in total. The summed E-state index contributed by atoms with van der Waals surface area (Å²) in [7, 11) is 0. The van der Waals surface area contributed by atoms with Crippen molar-refractivity contribution in [3.8, 4) is 0 Å². The summed E-state index contributed by atoms with van der Waals surface area (Å²) in [5.74, 6) is 0.196. The van der Waals surface area contributed by atoms with Crippen molar-refractivity contribution in [2.45, 2.75) is 58.9 Å². The number of amides is 1. The average Bonchev–Trinajstić information content (AvgIpc) is 3.27. The molecule has 2 fully saturated rings. The fourth-order valence-electron chi connectivity index (χ4n) is 4.88. The minimum atomic E-state index is 0.196. The second-order valence-electron chi connectivity index (χ2n) is 8.23. The summed E-state index contributed by atoms with van der Waals surface area (Å²) in [6.45, 7) is 10.7. The van der Waals surface area contributed by atoms with Crippen LogP contribution in [-0.2, 0) is 0 Å². The summed E-state index contributed by atoms with van der Waals surface area (Å²) in [4.78, 5) is 21.7. The lowest BCUT2D eigenvalue weighted by atomic mass is 10.00. The number of benzene rings is 1. The Balaban J connectivity index is 1.65. The van der Waals surface area contributed by atoms with Crippen LogP contribution in [0.3, 0.4) is 0 Å². The number of rotatable bonds is 3. The van der Waals surface area contributed by atoms with Crippen LogP contribution in [0.5, 0.6) is 0 Å². The van der Waals surface area contributed by atoms with Gasteiger partial charge in [0.1, 0.15) is 5.69 Å². The van der Waals surface area contributed by atoms with Gasteiger partial charge in [0.05, 0.1) is 0 Å². The molecule has 2 aliphatic rings. The minimum Gasteiger partial charge on any atom is -0.350 e. The number of likely N-dealkylation sites (tertiary alicyclic amines) is 2. The van der Waals surface area contributed by atoms with E-state index in [2.05, 4.69) is 47.7 Å². The number of fused-ring (bicyclic) bond motifs is 1. The number of H-pyrrole nitrogens is 1. The number of nitrogens with one attached hydrogen (secondary N) is 1. The molecule has 4 nitrogen and oxygen atoms in total. The van der Waals surface area contributed by atoms with E-state index in [1.807, 2.05) is 0 Å². The lowest BCUT2D eigenvalue weighted by Crippen LogP contribution is -2.49. The quantitative estimate of drug-likeness (QED) is 0.899. The highest BCUT2D eigenvalue weighted by Crippen LogP contribution is 2.30. The van der Waals surface area contributed by atoms with Crippen molar-refractivity contribution in [1.29, 1.82) is 0 Å². The molecule has 2 saturated heterocycles. The minimum absolute atomic E-state index is 0.196. The third-order valence-corrected chi connectivity index (χ3v) is 6.39. The van der Waals surface area contributed by atoms with Crippen LogP contribution in [0.15, 0.2) is 12.1 Å². The highest BCUT2D eigenvalue weighted by atomic mass is 16.2. The summed E-state index contributed by atoms with van der Waals surface area (Å²) in [6.07, 6.45) is 6.12. The first-order chi connectivity index (χ1) is 12.6. The highest BCUT2D eigenvalue weighted by Gasteiger charge is 2.31. The molecule has 140 valence electrons. The molecule has 3 heterocycles. The Morgan fingerprint density at radius 2 is 1.73 bits per heavy atom. The van der Waals surface area contributed by atoms with Crippen molar-refractivity contribution < 1.29 is 4.79 Å². The molecule has 2 aliphatic heterocycles. The summed E-state index contributed by atoms with van der Waals surface area (Å²) in [6, 6.07) is 4.66. The first-order valence-corrected chi connectivity index (χ1v) is 10.2. The van der Waals surface area contributed by atoms with Crippen LogP contribution >= 0.6 is 0 Å². The lowest BCUT2D eigenvalue weighted by Gasteiger charge is -2.37. The van der Waals surface area contributed by atoms with Gasteiger partial charge < -0.3 is 14.8 Å². The van der Waals surface area contributed by atoms with Crippen LogP contribution in [0.1, 0.15) is 59.3 Å². The van der Waals surface area contributed by atoms with E-state index < -0.39 is 0 Å². The van der Waals surface area contributed by atoms with Crippen molar-refractivity contribution in [1.82, 2.24) is 14.8 Å². The maximum absolute atomic E-state index is 13.5. The SMILES string of the molecule is Cc1ccc(C)c2c(C)c(C(=O)N3CCCC[C@@H]3CN3CCCC3)[nH]c12. The van der Waals surface area contributed by atoms with Gasteiger partial charge in [0, 0.05) is 30.0 Å². The molecule has 0 spiro atoms. The van der Waals surface area contributed by atoms with Crippen LogP contribution in [0.4, 0.5) is 0 Å². The monoisotopic (exact) mass is 353 g/mol. The topological polar surface area (TPSA) is 39.3 Å². The number of nitrogens with zero attached hydrogens (tertiary/aromatic N) is 2. The van der Waals surface area contributed by atoms with Gasteiger partial charge in [-0.25, -0.2) is 0 Å². The molecular formula is C22H31N3O. The van der Waals surface area contributed by atoms with Gasteiger partial charge in [-0.3, -0.25) is 4.79 Å². The van der Waals surface area contributed by atoms with Crippen LogP contribution in [-0.4, -0.2) is 52.9 Å².